The Kier molecular flexibility index (Phi) is 11.3. The van der Waals surface area contributed by atoms with Crippen molar-refractivity contribution in [2.45, 2.75) is 56.6 Å². The summed E-state index contributed by atoms with van der Waals surface area (Å²) in [6.45, 7) is 6.01. The minimum absolute atomic E-state index is 0.111. The number of carboxylic acid groups (broad SMARTS) is 1. The summed E-state index contributed by atoms with van der Waals surface area (Å²) in [4.78, 5) is 24.9. The van der Waals surface area contributed by atoms with Gasteiger partial charge in [0, 0.05) is 13.5 Å². The number of nitrogens with zero attached hydrogens (tertiary/aromatic N) is 1. The second-order valence-corrected chi connectivity index (χ2v) is 12.1. The zero-order valence-corrected chi connectivity index (χ0v) is 23.5. The molecule has 6 nitrogen and oxygen atoms in total. The minimum atomic E-state index is -1.09. The molecule has 3 atom stereocenters. The third kappa shape index (κ3) is 8.96. The molecular weight excluding hydrogens is 506 g/mol. The van der Waals surface area contributed by atoms with E-state index in [0.717, 1.165) is 11.1 Å². The number of esters is 1. The SMILES string of the molecule is COCCOC(=O)C(C)(CC(C)(CC(C)(C#N)CCC(=O)O)c1ccccc1)SC(=S)c1ccccc1. The van der Waals surface area contributed by atoms with E-state index in [1.165, 1.54) is 11.8 Å². The van der Waals surface area contributed by atoms with Crippen LogP contribution in [0.4, 0.5) is 0 Å². The summed E-state index contributed by atoms with van der Waals surface area (Å²) < 4.78 is 10.1. The molecule has 0 fully saturated rings. The highest BCUT2D eigenvalue weighted by atomic mass is 32.2. The average Bonchev–Trinajstić information content (AvgIpc) is 2.88. The van der Waals surface area contributed by atoms with Gasteiger partial charge in [-0.1, -0.05) is 91.6 Å². The lowest BCUT2D eigenvalue weighted by molar-refractivity contribution is -0.148. The van der Waals surface area contributed by atoms with Gasteiger partial charge in [0.2, 0.25) is 0 Å². The molecule has 0 aliphatic rings. The molecule has 0 bridgehead atoms. The van der Waals surface area contributed by atoms with Crippen LogP contribution >= 0.6 is 24.0 Å². The van der Waals surface area contributed by atoms with Crippen LogP contribution in [0.15, 0.2) is 60.7 Å². The zero-order chi connectivity index (χ0) is 27.5. The molecule has 0 aliphatic carbocycles. The van der Waals surface area contributed by atoms with Crippen molar-refractivity contribution >= 4 is 40.1 Å². The van der Waals surface area contributed by atoms with Gasteiger partial charge in [-0.3, -0.25) is 9.59 Å². The van der Waals surface area contributed by atoms with Gasteiger partial charge >= 0.3 is 11.9 Å². The van der Waals surface area contributed by atoms with Crippen molar-refractivity contribution in [3.63, 3.8) is 0 Å². The van der Waals surface area contributed by atoms with Crippen LogP contribution in [-0.4, -0.2) is 46.3 Å². The quantitative estimate of drug-likeness (QED) is 0.172. The first kappa shape index (κ1) is 30.5. The minimum Gasteiger partial charge on any atom is -0.481 e. The first-order valence-electron chi connectivity index (χ1n) is 12.1. The number of aliphatic carboxylic acids is 1. The highest BCUT2D eigenvalue weighted by Gasteiger charge is 2.47. The van der Waals surface area contributed by atoms with E-state index in [1.807, 2.05) is 74.5 Å². The number of ether oxygens (including phenoxy) is 2. The molecule has 0 amide bonds. The molecule has 0 spiro atoms. The molecule has 37 heavy (non-hydrogen) atoms. The van der Waals surface area contributed by atoms with Crippen LogP contribution in [0.3, 0.4) is 0 Å². The largest absolute Gasteiger partial charge is 0.481 e. The number of thiocarbonyl (C=S) groups is 1. The molecule has 0 heterocycles. The maximum atomic E-state index is 13.6. The number of carbonyl (C=O) groups is 2. The van der Waals surface area contributed by atoms with Gasteiger partial charge in [0.15, 0.2) is 0 Å². The molecule has 0 aromatic heterocycles. The van der Waals surface area contributed by atoms with Crippen LogP contribution < -0.4 is 0 Å². The summed E-state index contributed by atoms with van der Waals surface area (Å²) in [5, 5.41) is 19.3. The summed E-state index contributed by atoms with van der Waals surface area (Å²) in [6.07, 6.45) is 0.759. The Morgan fingerprint density at radius 2 is 1.59 bits per heavy atom. The van der Waals surface area contributed by atoms with Gasteiger partial charge in [0.05, 0.1) is 22.3 Å². The van der Waals surface area contributed by atoms with E-state index in [4.69, 9.17) is 21.7 Å². The summed E-state index contributed by atoms with van der Waals surface area (Å²) in [5.41, 5.74) is 0.199. The van der Waals surface area contributed by atoms with Crippen LogP contribution in [0.25, 0.3) is 0 Å². The number of rotatable bonds is 14. The third-order valence-corrected chi connectivity index (χ3v) is 8.09. The molecule has 2 aromatic rings. The molecule has 198 valence electrons. The summed E-state index contributed by atoms with van der Waals surface area (Å²) in [6, 6.07) is 21.6. The Hall–Kier alpha value is -2.73. The maximum Gasteiger partial charge on any atom is 0.322 e. The van der Waals surface area contributed by atoms with E-state index in [0.29, 0.717) is 17.0 Å². The second kappa shape index (κ2) is 13.7. The molecule has 0 saturated carbocycles. The Labute approximate surface area is 229 Å². The second-order valence-electron chi connectivity index (χ2n) is 9.96. The highest BCUT2D eigenvalue weighted by Crippen LogP contribution is 2.48. The van der Waals surface area contributed by atoms with Crippen LogP contribution in [0.5, 0.6) is 0 Å². The molecule has 3 unspecified atom stereocenters. The first-order valence-corrected chi connectivity index (χ1v) is 13.3. The third-order valence-electron chi connectivity index (χ3n) is 6.42. The zero-order valence-electron chi connectivity index (χ0n) is 21.9. The van der Waals surface area contributed by atoms with Crippen molar-refractivity contribution in [1.29, 1.82) is 5.26 Å². The number of methoxy groups -OCH3 is 1. The lowest BCUT2D eigenvalue weighted by atomic mass is 9.65. The summed E-state index contributed by atoms with van der Waals surface area (Å²) in [5.74, 6) is -1.36. The van der Waals surface area contributed by atoms with Gasteiger partial charge in [-0.05, 0) is 49.7 Å². The lowest BCUT2D eigenvalue weighted by Gasteiger charge is -2.41. The number of nitriles is 1. The predicted octanol–water partition coefficient (Wildman–Crippen LogP) is 6.18. The molecule has 1 N–H and O–H groups in total. The lowest BCUT2D eigenvalue weighted by Crippen LogP contribution is -2.44. The van der Waals surface area contributed by atoms with Crippen LogP contribution in [-0.2, 0) is 24.5 Å². The molecular formula is C29H35NO5S2. The Bertz CT molecular complexity index is 1100. The first-order chi connectivity index (χ1) is 17.5. The standard InChI is InChI=1S/C29H35NO5S2/c1-27(21-30,16-15-24(31)32)19-28(2,23-13-9-6-10-14-23)20-29(3,26(33)35-18-17-34-4)37-25(36)22-11-7-5-8-12-22/h5-14H,15-20H2,1-4H3,(H,31,32). The summed E-state index contributed by atoms with van der Waals surface area (Å²) >= 11 is 7.02. The van der Waals surface area contributed by atoms with Gasteiger partial charge in [-0.2, -0.15) is 5.26 Å². The maximum absolute atomic E-state index is 13.6. The van der Waals surface area contributed by atoms with Gasteiger partial charge < -0.3 is 14.6 Å². The Morgan fingerprint density at radius 3 is 2.14 bits per heavy atom. The van der Waals surface area contributed by atoms with Crippen LogP contribution in [0.1, 0.15) is 57.6 Å². The van der Waals surface area contributed by atoms with Crippen LogP contribution in [0.2, 0.25) is 0 Å². The Morgan fingerprint density at radius 1 is 1.00 bits per heavy atom. The van der Waals surface area contributed by atoms with Crippen molar-refractivity contribution in [3.05, 3.63) is 71.8 Å². The van der Waals surface area contributed by atoms with E-state index in [2.05, 4.69) is 6.07 Å². The van der Waals surface area contributed by atoms with Crippen molar-refractivity contribution in [2.75, 3.05) is 20.3 Å². The fourth-order valence-corrected chi connectivity index (χ4v) is 6.52. The van der Waals surface area contributed by atoms with E-state index in [1.54, 1.807) is 14.0 Å². The monoisotopic (exact) mass is 541 g/mol. The fraction of sp³-hybridized carbons (Fsp3) is 0.448. The topological polar surface area (TPSA) is 96.6 Å². The average molecular weight is 542 g/mol. The number of benzene rings is 2. The van der Waals surface area contributed by atoms with Gasteiger partial charge in [0.1, 0.15) is 11.4 Å². The van der Waals surface area contributed by atoms with E-state index < -0.39 is 27.5 Å². The number of hydrogen-bond acceptors (Lipinski definition) is 7. The van der Waals surface area contributed by atoms with Crippen molar-refractivity contribution in [2.24, 2.45) is 5.41 Å². The van der Waals surface area contributed by atoms with E-state index >= 15 is 0 Å². The number of carboxylic acids is 1. The molecule has 0 aliphatic heterocycles. The Balaban J connectivity index is 2.51. The van der Waals surface area contributed by atoms with Crippen molar-refractivity contribution < 1.29 is 24.2 Å². The smallest absolute Gasteiger partial charge is 0.322 e. The van der Waals surface area contributed by atoms with Crippen LogP contribution in [0, 0.1) is 16.7 Å². The van der Waals surface area contributed by atoms with E-state index in [9.17, 15) is 20.0 Å². The molecule has 8 heteroatoms. The highest BCUT2D eigenvalue weighted by molar-refractivity contribution is 8.25. The molecule has 2 aromatic carbocycles. The summed E-state index contributed by atoms with van der Waals surface area (Å²) in [7, 11) is 1.54. The van der Waals surface area contributed by atoms with Gasteiger partial charge in [0.25, 0.3) is 0 Å². The molecule has 0 saturated heterocycles. The van der Waals surface area contributed by atoms with Gasteiger partial charge in [-0.25, -0.2) is 0 Å². The molecule has 0 radical (unpaired) electrons. The predicted molar refractivity (Wildman–Crippen MR) is 151 cm³/mol. The number of thioether (sulfide) groups is 1. The number of hydrogen-bond donors (Lipinski definition) is 1. The van der Waals surface area contributed by atoms with Crippen molar-refractivity contribution in [3.8, 4) is 6.07 Å². The van der Waals surface area contributed by atoms with Gasteiger partial charge in [-0.15, -0.1) is 0 Å². The number of carbonyl (C=O) groups excluding carboxylic acids is 1. The normalized spacial score (nSPS) is 15.9. The van der Waals surface area contributed by atoms with E-state index in [-0.39, 0.29) is 26.1 Å². The van der Waals surface area contributed by atoms with Crippen molar-refractivity contribution in [1.82, 2.24) is 0 Å². The molecule has 2 rings (SSSR count). The fourth-order valence-electron chi connectivity index (χ4n) is 4.64.